The molecular formula is C21H34O4S. The lowest BCUT2D eigenvalue weighted by Gasteiger charge is -2.42. The maximum atomic E-state index is 12.6. The molecule has 0 saturated heterocycles. The standard InChI is InChI=1S/C21H34O4S/c1-15-7-10-17(22)13-19(15)26(23,24)25-18-11-8-16(9-12-18)21(5,6)14-20(2,3)4/h7,10,13,16,18,22H,8-9,11-12,14H2,1-6H3. The molecule has 0 heterocycles. The molecule has 0 aromatic heterocycles. The molecule has 0 bridgehead atoms. The summed E-state index contributed by atoms with van der Waals surface area (Å²) in [5.41, 5.74) is 1.11. The summed E-state index contributed by atoms with van der Waals surface area (Å²) in [5.74, 6) is 0.525. The van der Waals surface area contributed by atoms with Crippen molar-refractivity contribution in [2.24, 2.45) is 16.7 Å². The zero-order valence-electron chi connectivity index (χ0n) is 17.0. The molecule has 0 spiro atoms. The van der Waals surface area contributed by atoms with Gasteiger partial charge in [0, 0.05) is 6.07 Å². The predicted molar refractivity (Wildman–Crippen MR) is 105 cm³/mol. The van der Waals surface area contributed by atoms with E-state index in [0.717, 1.165) is 32.1 Å². The second-order valence-electron chi connectivity index (χ2n) is 9.70. The van der Waals surface area contributed by atoms with Crippen LogP contribution in [0.25, 0.3) is 0 Å². The number of aryl methyl sites for hydroxylation is 1. The summed E-state index contributed by atoms with van der Waals surface area (Å²) in [5, 5.41) is 9.60. The van der Waals surface area contributed by atoms with Crippen LogP contribution in [0.5, 0.6) is 5.75 Å². The number of aromatic hydroxyl groups is 1. The molecule has 1 N–H and O–H groups in total. The quantitative estimate of drug-likeness (QED) is 0.690. The smallest absolute Gasteiger partial charge is 0.297 e. The topological polar surface area (TPSA) is 63.6 Å². The minimum Gasteiger partial charge on any atom is -0.508 e. The number of hydrogen-bond donors (Lipinski definition) is 1. The van der Waals surface area contributed by atoms with Crippen LogP contribution in [0.2, 0.25) is 0 Å². The van der Waals surface area contributed by atoms with Gasteiger partial charge in [0.25, 0.3) is 10.1 Å². The van der Waals surface area contributed by atoms with Crippen LogP contribution in [0.1, 0.15) is 72.3 Å². The second-order valence-corrected chi connectivity index (χ2v) is 11.2. The van der Waals surface area contributed by atoms with Gasteiger partial charge in [-0.05, 0) is 67.4 Å². The van der Waals surface area contributed by atoms with Gasteiger partial charge in [-0.15, -0.1) is 0 Å². The first kappa shape index (κ1) is 21.2. The van der Waals surface area contributed by atoms with Gasteiger partial charge >= 0.3 is 0 Å². The Hall–Kier alpha value is -1.07. The van der Waals surface area contributed by atoms with E-state index in [4.69, 9.17) is 4.18 Å². The third-order valence-corrected chi connectivity index (χ3v) is 6.97. The van der Waals surface area contributed by atoms with Crippen LogP contribution in [-0.4, -0.2) is 19.6 Å². The summed E-state index contributed by atoms with van der Waals surface area (Å²) in [6.07, 6.45) is 4.37. The summed E-state index contributed by atoms with van der Waals surface area (Å²) in [6, 6.07) is 4.34. The lowest BCUT2D eigenvalue weighted by molar-refractivity contribution is 0.0580. The first-order valence-corrected chi connectivity index (χ1v) is 10.9. The molecule has 0 atom stereocenters. The Morgan fingerprint density at radius 3 is 2.19 bits per heavy atom. The Morgan fingerprint density at radius 2 is 1.65 bits per heavy atom. The van der Waals surface area contributed by atoms with Gasteiger partial charge in [-0.25, -0.2) is 0 Å². The summed E-state index contributed by atoms with van der Waals surface area (Å²) in [4.78, 5) is 0.0627. The molecule has 1 aromatic rings. The lowest BCUT2D eigenvalue weighted by atomic mass is 9.64. The zero-order valence-corrected chi connectivity index (χ0v) is 17.8. The monoisotopic (exact) mass is 382 g/mol. The highest BCUT2D eigenvalue weighted by Crippen LogP contribution is 2.45. The maximum absolute atomic E-state index is 12.6. The van der Waals surface area contributed by atoms with Gasteiger partial charge in [0.05, 0.1) is 6.10 Å². The highest BCUT2D eigenvalue weighted by atomic mass is 32.2. The van der Waals surface area contributed by atoms with E-state index < -0.39 is 10.1 Å². The van der Waals surface area contributed by atoms with E-state index in [1.165, 1.54) is 12.1 Å². The summed E-state index contributed by atoms with van der Waals surface area (Å²) < 4.78 is 30.7. The van der Waals surface area contributed by atoms with Crippen molar-refractivity contribution in [3.63, 3.8) is 0 Å². The average Bonchev–Trinajstić information content (AvgIpc) is 2.47. The molecule has 0 radical (unpaired) electrons. The van der Waals surface area contributed by atoms with Gasteiger partial charge < -0.3 is 5.11 Å². The lowest BCUT2D eigenvalue weighted by Crippen LogP contribution is -2.34. The van der Waals surface area contributed by atoms with E-state index in [1.54, 1.807) is 13.0 Å². The van der Waals surface area contributed by atoms with Crippen molar-refractivity contribution in [1.29, 1.82) is 0 Å². The average molecular weight is 383 g/mol. The zero-order chi connectivity index (χ0) is 19.8. The van der Waals surface area contributed by atoms with Crippen LogP contribution in [0.3, 0.4) is 0 Å². The molecule has 5 heteroatoms. The Kier molecular flexibility index (Phi) is 6.13. The highest BCUT2D eigenvalue weighted by molar-refractivity contribution is 7.86. The van der Waals surface area contributed by atoms with Crippen LogP contribution >= 0.6 is 0 Å². The van der Waals surface area contributed by atoms with E-state index in [0.29, 0.717) is 11.5 Å². The van der Waals surface area contributed by atoms with Crippen LogP contribution in [0.15, 0.2) is 23.1 Å². The minimum atomic E-state index is -3.85. The van der Waals surface area contributed by atoms with Gasteiger partial charge in [0.1, 0.15) is 10.6 Å². The van der Waals surface area contributed by atoms with Crippen LogP contribution in [0.4, 0.5) is 0 Å². The van der Waals surface area contributed by atoms with Crippen molar-refractivity contribution in [3.8, 4) is 5.75 Å². The van der Waals surface area contributed by atoms with Gasteiger partial charge in [-0.2, -0.15) is 8.42 Å². The fraction of sp³-hybridized carbons (Fsp3) is 0.714. The summed E-state index contributed by atoms with van der Waals surface area (Å²) in [7, 11) is -3.85. The van der Waals surface area contributed by atoms with Crippen molar-refractivity contribution < 1.29 is 17.7 Å². The number of benzene rings is 1. The van der Waals surface area contributed by atoms with Crippen molar-refractivity contribution >= 4 is 10.1 Å². The molecule has 1 aromatic carbocycles. The highest BCUT2D eigenvalue weighted by Gasteiger charge is 2.37. The molecule has 4 nitrogen and oxygen atoms in total. The summed E-state index contributed by atoms with van der Waals surface area (Å²) in [6.45, 7) is 13.2. The molecule has 26 heavy (non-hydrogen) atoms. The van der Waals surface area contributed by atoms with Gasteiger partial charge in [0.15, 0.2) is 0 Å². The first-order chi connectivity index (χ1) is 11.8. The fourth-order valence-corrected chi connectivity index (χ4v) is 5.92. The van der Waals surface area contributed by atoms with Crippen LogP contribution in [0, 0.1) is 23.7 Å². The van der Waals surface area contributed by atoms with Crippen molar-refractivity contribution in [1.82, 2.24) is 0 Å². The molecule has 0 aliphatic heterocycles. The van der Waals surface area contributed by atoms with E-state index >= 15 is 0 Å². The van der Waals surface area contributed by atoms with Crippen molar-refractivity contribution in [2.75, 3.05) is 0 Å². The van der Waals surface area contributed by atoms with E-state index in [-0.39, 0.29) is 27.6 Å². The van der Waals surface area contributed by atoms with E-state index in [1.807, 2.05) is 0 Å². The molecule has 1 saturated carbocycles. The maximum Gasteiger partial charge on any atom is 0.297 e. The molecule has 1 aliphatic carbocycles. The Morgan fingerprint density at radius 1 is 1.08 bits per heavy atom. The normalized spacial score (nSPS) is 22.4. The second kappa shape index (κ2) is 7.51. The predicted octanol–water partition coefficient (Wildman–Crippen LogP) is 5.43. The number of phenols is 1. The molecule has 1 aliphatic rings. The number of phenolic OH excluding ortho intramolecular Hbond substituents is 1. The largest absolute Gasteiger partial charge is 0.508 e. The molecule has 148 valence electrons. The number of hydrogen-bond acceptors (Lipinski definition) is 4. The molecule has 0 unspecified atom stereocenters. The molecule has 2 rings (SSSR count). The molecular weight excluding hydrogens is 348 g/mol. The van der Waals surface area contributed by atoms with Gasteiger partial charge in [0.2, 0.25) is 0 Å². The van der Waals surface area contributed by atoms with Crippen molar-refractivity contribution in [3.05, 3.63) is 23.8 Å². The molecule has 0 amide bonds. The van der Waals surface area contributed by atoms with E-state index in [9.17, 15) is 13.5 Å². The van der Waals surface area contributed by atoms with Crippen molar-refractivity contribution in [2.45, 2.75) is 84.6 Å². The fourth-order valence-electron chi connectivity index (χ4n) is 4.54. The minimum absolute atomic E-state index is 0.0627. The SMILES string of the molecule is Cc1ccc(O)cc1S(=O)(=O)OC1CCC(C(C)(C)CC(C)(C)C)CC1. The van der Waals surface area contributed by atoms with Gasteiger partial charge in [-0.3, -0.25) is 4.18 Å². The Balaban J connectivity index is 2.01. The Labute approximate surface area is 159 Å². The van der Waals surface area contributed by atoms with Crippen LogP contribution in [-0.2, 0) is 14.3 Å². The summed E-state index contributed by atoms with van der Waals surface area (Å²) >= 11 is 0. The third-order valence-electron chi connectivity index (χ3n) is 5.47. The van der Waals surface area contributed by atoms with Gasteiger partial charge in [-0.1, -0.05) is 40.7 Å². The third kappa shape index (κ3) is 5.46. The van der Waals surface area contributed by atoms with Crippen LogP contribution < -0.4 is 0 Å². The molecule has 1 fully saturated rings. The first-order valence-electron chi connectivity index (χ1n) is 9.53. The Bertz CT molecular complexity index is 721. The van der Waals surface area contributed by atoms with E-state index in [2.05, 4.69) is 34.6 Å². The number of rotatable bonds is 5.